The fourth-order valence-electron chi connectivity index (χ4n) is 2.27. The van der Waals surface area contributed by atoms with Crippen LogP contribution in [0.4, 0.5) is 4.79 Å². The van der Waals surface area contributed by atoms with Gasteiger partial charge in [0, 0.05) is 19.0 Å². The van der Waals surface area contributed by atoms with Crippen LogP contribution in [0.25, 0.3) is 0 Å². The van der Waals surface area contributed by atoms with Gasteiger partial charge in [-0.1, -0.05) is 12.1 Å². The van der Waals surface area contributed by atoms with E-state index in [1.54, 1.807) is 31.2 Å². The number of urea groups is 1. The largest absolute Gasteiger partial charge is 0.460 e. The molecule has 1 aromatic carbocycles. The Balaban J connectivity index is 1.86. The van der Waals surface area contributed by atoms with Gasteiger partial charge < -0.3 is 20.1 Å². The van der Waals surface area contributed by atoms with Gasteiger partial charge in [-0.05, 0) is 38.5 Å². The number of nitrogens with one attached hydrogen (secondary N) is 2. The average Bonchev–Trinajstić information content (AvgIpc) is 2.82. The standard InChI is InChI=1S/C17H22N2O5/c1-10(2)19-17(22)18-9-12-4-6-13(7-5-12)15(20)24-14-8-11(3)23-16(14)21/h4-7,10-11,14H,8-9H2,1-3H3,(H2,18,19,22)/t11-,14-/m0/s1. The molecular formula is C17H22N2O5. The molecule has 1 aromatic rings. The summed E-state index contributed by atoms with van der Waals surface area (Å²) in [5, 5.41) is 5.44. The summed E-state index contributed by atoms with van der Waals surface area (Å²) < 4.78 is 10.1. The number of benzene rings is 1. The van der Waals surface area contributed by atoms with Crippen LogP contribution >= 0.6 is 0 Å². The van der Waals surface area contributed by atoms with E-state index in [2.05, 4.69) is 10.6 Å². The molecule has 2 rings (SSSR count). The minimum Gasteiger partial charge on any atom is -0.460 e. The zero-order valence-corrected chi connectivity index (χ0v) is 14.0. The van der Waals surface area contributed by atoms with Crippen LogP contribution in [0.2, 0.25) is 0 Å². The Labute approximate surface area is 140 Å². The highest BCUT2D eigenvalue weighted by molar-refractivity contribution is 5.91. The molecule has 1 aliphatic rings. The van der Waals surface area contributed by atoms with Gasteiger partial charge in [0.2, 0.25) is 6.10 Å². The van der Waals surface area contributed by atoms with Crippen molar-refractivity contribution in [1.29, 1.82) is 0 Å². The van der Waals surface area contributed by atoms with E-state index in [0.29, 0.717) is 18.5 Å². The first-order chi connectivity index (χ1) is 11.3. The van der Waals surface area contributed by atoms with Gasteiger partial charge >= 0.3 is 18.0 Å². The molecule has 130 valence electrons. The Morgan fingerprint density at radius 2 is 1.96 bits per heavy atom. The lowest BCUT2D eigenvalue weighted by Gasteiger charge is -2.11. The monoisotopic (exact) mass is 334 g/mol. The lowest BCUT2D eigenvalue weighted by molar-refractivity contribution is -0.147. The zero-order chi connectivity index (χ0) is 17.7. The molecule has 2 N–H and O–H groups in total. The topological polar surface area (TPSA) is 93.7 Å². The molecule has 0 spiro atoms. The van der Waals surface area contributed by atoms with Gasteiger partial charge in [0.15, 0.2) is 0 Å². The van der Waals surface area contributed by atoms with E-state index >= 15 is 0 Å². The minimum absolute atomic E-state index is 0.0622. The molecule has 0 aliphatic carbocycles. The van der Waals surface area contributed by atoms with Crippen LogP contribution in [0.5, 0.6) is 0 Å². The molecule has 2 atom stereocenters. The first kappa shape index (κ1) is 17.8. The Bertz CT molecular complexity index is 612. The van der Waals surface area contributed by atoms with Crippen molar-refractivity contribution in [3.63, 3.8) is 0 Å². The van der Waals surface area contributed by atoms with E-state index in [4.69, 9.17) is 9.47 Å². The van der Waals surface area contributed by atoms with Gasteiger partial charge in [0.05, 0.1) is 5.56 Å². The van der Waals surface area contributed by atoms with Gasteiger partial charge in [-0.2, -0.15) is 0 Å². The summed E-state index contributed by atoms with van der Waals surface area (Å²) >= 11 is 0. The molecule has 0 radical (unpaired) electrons. The van der Waals surface area contributed by atoms with Crippen LogP contribution in [0.1, 0.15) is 43.1 Å². The molecule has 7 nitrogen and oxygen atoms in total. The number of ether oxygens (including phenoxy) is 2. The lowest BCUT2D eigenvalue weighted by Crippen LogP contribution is -2.39. The van der Waals surface area contributed by atoms with Crippen LogP contribution in [0.3, 0.4) is 0 Å². The highest BCUT2D eigenvalue weighted by atomic mass is 16.6. The molecule has 1 fully saturated rings. The SMILES string of the molecule is CC(C)NC(=O)NCc1ccc(C(=O)O[C@H]2C[C@H](C)OC2=O)cc1. The number of hydrogen-bond acceptors (Lipinski definition) is 5. The van der Waals surface area contributed by atoms with E-state index in [-0.39, 0.29) is 18.2 Å². The Hall–Kier alpha value is -2.57. The summed E-state index contributed by atoms with van der Waals surface area (Å²) in [4.78, 5) is 35.0. The van der Waals surface area contributed by atoms with Crippen LogP contribution in [-0.2, 0) is 20.8 Å². The number of rotatable bonds is 5. The van der Waals surface area contributed by atoms with Crippen molar-refractivity contribution in [3.05, 3.63) is 35.4 Å². The third-order valence-electron chi connectivity index (χ3n) is 3.44. The van der Waals surface area contributed by atoms with Gasteiger partial charge in [-0.3, -0.25) is 0 Å². The smallest absolute Gasteiger partial charge is 0.347 e. The van der Waals surface area contributed by atoms with Gasteiger partial charge in [0.1, 0.15) is 6.10 Å². The summed E-state index contributed by atoms with van der Waals surface area (Å²) in [7, 11) is 0. The molecule has 7 heteroatoms. The molecule has 0 saturated carbocycles. The number of amides is 2. The minimum atomic E-state index is -0.839. The lowest BCUT2D eigenvalue weighted by atomic mass is 10.1. The normalized spacial score (nSPS) is 19.8. The molecule has 0 bridgehead atoms. The Morgan fingerprint density at radius 3 is 2.50 bits per heavy atom. The third kappa shape index (κ3) is 4.97. The second kappa shape index (κ2) is 7.81. The maximum Gasteiger partial charge on any atom is 0.347 e. The van der Waals surface area contributed by atoms with Crippen molar-refractivity contribution in [2.45, 2.75) is 52.0 Å². The van der Waals surface area contributed by atoms with Crippen molar-refractivity contribution in [1.82, 2.24) is 10.6 Å². The van der Waals surface area contributed by atoms with Crippen molar-refractivity contribution in [2.24, 2.45) is 0 Å². The van der Waals surface area contributed by atoms with E-state index in [1.165, 1.54) is 0 Å². The third-order valence-corrected chi connectivity index (χ3v) is 3.44. The molecule has 1 aliphatic heterocycles. The summed E-state index contributed by atoms with van der Waals surface area (Å²) in [5.74, 6) is -1.07. The summed E-state index contributed by atoms with van der Waals surface area (Å²) in [6.45, 7) is 5.85. The van der Waals surface area contributed by atoms with E-state index in [0.717, 1.165) is 5.56 Å². The zero-order valence-electron chi connectivity index (χ0n) is 14.0. The number of carbonyl (C=O) groups is 3. The van der Waals surface area contributed by atoms with Crippen molar-refractivity contribution in [2.75, 3.05) is 0 Å². The Morgan fingerprint density at radius 1 is 1.29 bits per heavy atom. The second-order valence-corrected chi connectivity index (χ2v) is 6.06. The average molecular weight is 334 g/mol. The first-order valence-corrected chi connectivity index (χ1v) is 7.90. The molecule has 1 saturated heterocycles. The van der Waals surface area contributed by atoms with Gasteiger partial charge in [-0.15, -0.1) is 0 Å². The molecule has 0 aromatic heterocycles. The fraction of sp³-hybridized carbons (Fsp3) is 0.471. The number of esters is 2. The predicted molar refractivity (Wildman–Crippen MR) is 86.3 cm³/mol. The highest BCUT2D eigenvalue weighted by Crippen LogP contribution is 2.19. The van der Waals surface area contributed by atoms with Crippen LogP contribution in [-0.4, -0.2) is 36.2 Å². The quantitative estimate of drug-likeness (QED) is 0.800. The van der Waals surface area contributed by atoms with Crippen LogP contribution < -0.4 is 10.6 Å². The molecule has 2 amide bonds. The summed E-state index contributed by atoms with van der Waals surface area (Å²) in [6.07, 6.45) is -0.702. The molecule has 24 heavy (non-hydrogen) atoms. The fourth-order valence-corrected chi connectivity index (χ4v) is 2.27. The van der Waals surface area contributed by atoms with Crippen molar-refractivity contribution < 1.29 is 23.9 Å². The Kier molecular flexibility index (Phi) is 5.78. The summed E-state index contributed by atoms with van der Waals surface area (Å²) in [6, 6.07) is 6.46. The maximum atomic E-state index is 12.0. The van der Waals surface area contributed by atoms with Gasteiger partial charge in [0.25, 0.3) is 0 Å². The van der Waals surface area contributed by atoms with Crippen molar-refractivity contribution in [3.8, 4) is 0 Å². The van der Waals surface area contributed by atoms with Crippen molar-refractivity contribution >= 4 is 18.0 Å². The summed E-state index contributed by atoms with van der Waals surface area (Å²) in [5.41, 5.74) is 1.19. The predicted octanol–water partition coefficient (Wildman–Crippen LogP) is 1.75. The maximum absolute atomic E-state index is 12.0. The second-order valence-electron chi connectivity index (χ2n) is 6.06. The number of carbonyl (C=O) groups excluding carboxylic acids is 3. The van der Waals surface area contributed by atoms with E-state index < -0.39 is 18.0 Å². The molecule has 1 heterocycles. The van der Waals surface area contributed by atoms with Crippen LogP contribution in [0, 0.1) is 0 Å². The van der Waals surface area contributed by atoms with Crippen LogP contribution in [0.15, 0.2) is 24.3 Å². The van der Waals surface area contributed by atoms with E-state index in [1.807, 2.05) is 13.8 Å². The number of cyclic esters (lactones) is 1. The molecule has 0 unspecified atom stereocenters. The molecular weight excluding hydrogens is 312 g/mol. The highest BCUT2D eigenvalue weighted by Gasteiger charge is 2.35. The van der Waals surface area contributed by atoms with Gasteiger partial charge in [-0.25, -0.2) is 14.4 Å². The first-order valence-electron chi connectivity index (χ1n) is 7.90. The van der Waals surface area contributed by atoms with E-state index in [9.17, 15) is 14.4 Å². The number of hydrogen-bond donors (Lipinski definition) is 2.